The molecule has 7 fully saturated rings. The second kappa shape index (κ2) is 15.8. The maximum Gasteiger partial charge on any atom is 0.135 e. The third-order valence-electron chi connectivity index (χ3n) is 17.2. The average Bonchev–Trinajstić information content (AvgIpc) is 3.41. The molecule has 0 amide bonds. The molecule has 0 saturated heterocycles. The second-order valence-electron chi connectivity index (χ2n) is 20.2. The average molecular weight is 1090 g/mol. The fourth-order valence-corrected chi connectivity index (χ4v) is 14.9. The van der Waals surface area contributed by atoms with E-state index in [4.69, 9.17) is 23.4 Å². The number of para-hydroxylation sites is 4. The molecule has 0 radical (unpaired) electrons. The topological polar surface area (TPSA) is 33.5 Å². The molecule has 69 heavy (non-hydrogen) atoms. The molecule has 0 atom stereocenters. The normalized spacial score (nSPS) is 28.0. The van der Waals surface area contributed by atoms with Gasteiger partial charge in [-0.3, -0.25) is 0 Å². The molecule has 5 nitrogen and oxygen atoms in total. The van der Waals surface area contributed by atoms with Crippen molar-refractivity contribution in [2.45, 2.75) is 50.9 Å². The predicted molar refractivity (Wildman–Crippen MR) is 274 cm³/mol. The number of rotatable bonds is 8. The van der Waals surface area contributed by atoms with Crippen LogP contribution in [0.1, 0.15) is 64.7 Å². The molecule has 3 heterocycles. The standard InChI is InChI=1S/C63H51N4O.Pt/c1-39-65(58-24-10-11-25-59(58)66(39)62-47(41-14-4-2-5-15-41)21-13-22-48(62)42-16-6-3-7-17-42)44-18-12-19-45(34-44)68-46-26-27-50-49-20-8-9-23-57(49)67(60(50)35-46)61-33-43(28-29-64-61)63-36-54-51-30-40-31-52(54)56(38-63)53(32-40)55(51)37-63;/h2-29,33,40,51-56H,30-32,36-38H2,1H3;/q-3;/i2D,3D,4D,5D,6D,7D,14D,15D,16D,17D;. The largest absolute Gasteiger partial charge is 0.509 e. The molecule has 8 aliphatic rings. The number of pyridine rings is 1. The van der Waals surface area contributed by atoms with Gasteiger partial charge in [0.25, 0.3) is 0 Å². The van der Waals surface area contributed by atoms with Gasteiger partial charge in [0.1, 0.15) is 5.82 Å². The number of aromatic nitrogens is 2. The van der Waals surface area contributed by atoms with Crippen LogP contribution in [-0.4, -0.2) is 9.55 Å². The molecular formula is C63H51N4OPt-3. The van der Waals surface area contributed by atoms with Crippen LogP contribution in [0.5, 0.6) is 11.5 Å². The number of ether oxygens (including phenoxy) is 1. The minimum absolute atomic E-state index is 0. The third-order valence-corrected chi connectivity index (χ3v) is 17.2. The zero-order valence-corrected chi connectivity index (χ0v) is 40.0. The first-order valence-corrected chi connectivity index (χ1v) is 24.1. The van der Waals surface area contributed by atoms with E-state index in [-0.39, 0.29) is 54.4 Å². The Bertz CT molecular complexity index is 3870. The van der Waals surface area contributed by atoms with Gasteiger partial charge in [0.15, 0.2) is 0 Å². The Labute approximate surface area is 433 Å². The number of benzene rings is 7. The first kappa shape index (κ1) is 32.4. The fourth-order valence-electron chi connectivity index (χ4n) is 14.9. The van der Waals surface area contributed by atoms with Crippen molar-refractivity contribution in [2.75, 3.05) is 9.80 Å². The maximum absolute atomic E-state index is 9.12. The van der Waals surface area contributed by atoms with Gasteiger partial charge in [0.05, 0.1) is 13.7 Å². The molecule has 0 N–H and O–H groups in total. The summed E-state index contributed by atoms with van der Waals surface area (Å²) in [5.41, 5.74) is 5.89. The van der Waals surface area contributed by atoms with Gasteiger partial charge in [-0.2, -0.15) is 19.1 Å². The van der Waals surface area contributed by atoms with Crippen LogP contribution in [0.15, 0.2) is 176 Å². The van der Waals surface area contributed by atoms with E-state index in [2.05, 4.69) is 59.2 Å². The Morgan fingerprint density at radius 3 is 1.91 bits per heavy atom. The monoisotopic (exact) mass is 1080 g/mol. The van der Waals surface area contributed by atoms with Crippen molar-refractivity contribution in [3.05, 3.63) is 200 Å². The minimum atomic E-state index is -0.554. The third kappa shape index (κ3) is 6.21. The molecule has 6 heteroatoms. The molecule has 7 aliphatic carbocycles. The Kier molecular flexibility index (Phi) is 7.42. The van der Waals surface area contributed by atoms with Gasteiger partial charge in [0.2, 0.25) is 0 Å². The van der Waals surface area contributed by atoms with Crippen molar-refractivity contribution < 1.29 is 39.5 Å². The second-order valence-corrected chi connectivity index (χ2v) is 20.2. The Morgan fingerprint density at radius 2 is 1.23 bits per heavy atom. The molecule has 8 bridgehead atoms. The van der Waals surface area contributed by atoms with E-state index in [0.717, 1.165) is 69.0 Å². The van der Waals surface area contributed by atoms with E-state index in [1.807, 2.05) is 71.5 Å². The quantitative estimate of drug-likeness (QED) is 0.142. The minimum Gasteiger partial charge on any atom is -0.509 e. The van der Waals surface area contributed by atoms with Crippen molar-refractivity contribution in [3.63, 3.8) is 0 Å². The first-order valence-electron chi connectivity index (χ1n) is 29.1. The van der Waals surface area contributed by atoms with E-state index in [1.165, 1.54) is 44.1 Å². The number of anilines is 4. The summed E-state index contributed by atoms with van der Waals surface area (Å²) in [6.07, 6.45) is 10.9. The predicted octanol–water partition coefficient (Wildman–Crippen LogP) is 15.7. The summed E-state index contributed by atoms with van der Waals surface area (Å²) < 4.78 is 96.9. The van der Waals surface area contributed by atoms with E-state index < -0.39 is 60.4 Å². The zero-order valence-electron chi connectivity index (χ0n) is 47.8. The molecule has 2 aromatic heterocycles. The SMILES string of the molecule is [2H]c1c([2H])c([2H])c(-c2cccc(-c3c([2H])c([2H])c([2H])c([2H])c3[2H])c2N2c3ccccc3N(c3[c-]c(Oc4[c-]c5c(cc4)c4ccccc4n5-c4cc(C56CC7C8CC9CC7C(C5)C(C9)C8C6)ccn4)ccc3)[C-]2C)c([2H])c1[2H].[Pt]. The Morgan fingerprint density at radius 1 is 0.623 bits per heavy atom. The van der Waals surface area contributed by atoms with Crippen LogP contribution < -0.4 is 14.5 Å². The maximum atomic E-state index is 9.12. The zero-order chi connectivity index (χ0) is 53.4. The van der Waals surface area contributed by atoms with Gasteiger partial charge in [-0.1, -0.05) is 114 Å². The van der Waals surface area contributed by atoms with Crippen LogP contribution in [0.2, 0.25) is 0 Å². The van der Waals surface area contributed by atoms with Gasteiger partial charge in [-0.25, -0.2) is 4.98 Å². The van der Waals surface area contributed by atoms with E-state index in [0.29, 0.717) is 34.7 Å². The summed E-state index contributed by atoms with van der Waals surface area (Å²) in [5.74, 6) is 8.15. The van der Waals surface area contributed by atoms with Crippen LogP contribution in [0.4, 0.5) is 22.7 Å². The van der Waals surface area contributed by atoms with Crippen molar-refractivity contribution in [3.8, 4) is 39.6 Å². The van der Waals surface area contributed by atoms with Crippen LogP contribution in [-0.2, 0) is 26.5 Å². The summed E-state index contributed by atoms with van der Waals surface area (Å²) in [6, 6.07) is 37.4. The number of nitrogens with zero attached hydrogens (tertiary/aromatic N) is 4. The van der Waals surface area contributed by atoms with Crippen molar-refractivity contribution in [2.24, 2.45) is 41.4 Å². The summed E-state index contributed by atoms with van der Waals surface area (Å²) >= 11 is 0. The molecule has 9 aromatic rings. The van der Waals surface area contributed by atoms with Crippen LogP contribution >= 0.6 is 0 Å². The number of fused-ring (bicyclic) bond motifs is 4. The molecule has 0 spiro atoms. The van der Waals surface area contributed by atoms with Gasteiger partial charge in [-0.15, -0.1) is 47.6 Å². The molecule has 0 unspecified atom stereocenters. The fraction of sp³-hybridized carbons (Fsp3) is 0.238. The van der Waals surface area contributed by atoms with Crippen molar-refractivity contribution in [1.82, 2.24) is 9.55 Å². The van der Waals surface area contributed by atoms with E-state index in [9.17, 15) is 0 Å². The van der Waals surface area contributed by atoms with E-state index in [1.54, 1.807) is 18.2 Å². The van der Waals surface area contributed by atoms with Gasteiger partial charge < -0.3 is 19.1 Å². The molecule has 1 aliphatic heterocycles. The smallest absolute Gasteiger partial charge is 0.135 e. The molecule has 17 rings (SSSR count). The Balaban J connectivity index is 0.00000564. The van der Waals surface area contributed by atoms with Crippen LogP contribution in [0, 0.1) is 59.7 Å². The van der Waals surface area contributed by atoms with Gasteiger partial charge >= 0.3 is 0 Å². The van der Waals surface area contributed by atoms with Crippen LogP contribution in [0.3, 0.4) is 0 Å². The van der Waals surface area contributed by atoms with Crippen LogP contribution in [0.25, 0.3) is 49.9 Å². The molecule has 342 valence electrons. The summed E-state index contributed by atoms with van der Waals surface area (Å²) in [6.45, 7) is 1.87. The van der Waals surface area contributed by atoms with Crippen molar-refractivity contribution in [1.29, 1.82) is 0 Å². The summed E-state index contributed by atoms with van der Waals surface area (Å²) in [7, 11) is 0. The number of hydrogen-bond donors (Lipinski definition) is 0. The van der Waals surface area contributed by atoms with Crippen molar-refractivity contribution >= 4 is 44.6 Å². The number of hydrogen-bond acceptors (Lipinski definition) is 4. The van der Waals surface area contributed by atoms with Gasteiger partial charge in [0, 0.05) is 72.5 Å². The molecule has 7 aromatic carbocycles. The molecule has 7 saturated carbocycles. The molecular weight excluding hydrogens is 1020 g/mol. The first-order chi connectivity index (χ1) is 37.7. The summed E-state index contributed by atoms with van der Waals surface area (Å²) in [5, 5.41) is 2.14. The van der Waals surface area contributed by atoms with Gasteiger partial charge in [-0.05, 0) is 138 Å². The van der Waals surface area contributed by atoms with E-state index >= 15 is 0 Å². The Hall–Kier alpha value is -6.42. The summed E-state index contributed by atoms with van der Waals surface area (Å²) in [4.78, 5) is 8.91.